The first-order valence-electron chi connectivity index (χ1n) is 7.98. The van der Waals surface area contributed by atoms with Gasteiger partial charge in [-0.05, 0) is 33.6 Å². The molecule has 0 aromatic heterocycles. The molecule has 2 saturated heterocycles. The molecule has 0 saturated carbocycles. The zero-order valence-corrected chi connectivity index (χ0v) is 13.0. The molecule has 0 aromatic rings. The van der Waals surface area contributed by atoms with Crippen LogP contribution in [0.1, 0.15) is 40.0 Å². The molecule has 2 aliphatic rings. The number of morpholine rings is 1. The normalized spacial score (nSPS) is 35.8. The standard InChI is InChI=1S/C15H29N3O2/c1-11-5-4-6-12(2)18(11)9-7-17-15(19)14-13(3)20-10-8-16-14/h11-14,16H,4-10H2,1-3H3,(H,17,19)/t11?,12?,13-,14+/m1/s1. The third kappa shape index (κ3) is 3.93. The molecule has 0 aromatic carbocycles. The van der Waals surface area contributed by atoms with Crippen molar-refractivity contribution in [2.45, 2.75) is 64.3 Å². The van der Waals surface area contributed by atoms with Gasteiger partial charge in [-0.25, -0.2) is 0 Å². The summed E-state index contributed by atoms with van der Waals surface area (Å²) in [6, 6.07) is 1.05. The molecular formula is C15H29N3O2. The van der Waals surface area contributed by atoms with Crippen LogP contribution in [0.5, 0.6) is 0 Å². The van der Waals surface area contributed by atoms with Crippen LogP contribution in [0.2, 0.25) is 0 Å². The van der Waals surface area contributed by atoms with Gasteiger partial charge in [0.2, 0.25) is 5.91 Å². The van der Waals surface area contributed by atoms with Crippen molar-refractivity contribution in [2.24, 2.45) is 0 Å². The molecule has 2 unspecified atom stereocenters. The summed E-state index contributed by atoms with van der Waals surface area (Å²) in [4.78, 5) is 14.7. The summed E-state index contributed by atoms with van der Waals surface area (Å²) in [7, 11) is 0. The summed E-state index contributed by atoms with van der Waals surface area (Å²) in [6.07, 6.45) is 3.82. The van der Waals surface area contributed by atoms with Gasteiger partial charge in [0.1, 0.15) is 6.04 Å². The van der Waals surface area contributed by atoms with E-state index in [1.54, 1.807) is 0 Å². The fourth-order valence-corrected chi connectivity index (χ4v) is 3.36. The van der Waals surface area contributed by atoms with Crippen LogP contribution in [0.3, 0.4) is 0 Å². The van der Waals surface area contributed by atoms with E-state index in [0.717, 1.165) is 19.6 Å². The van der Waals surface area contributed by atoms with Crippen molar-refractivity contribution >= 4 is 5.91 Å². The van der Waals surface area contributed by atoms with Crippen molar-refractivity contribution in [2.75, 3.05) is 26.2 Å². The number of carbonyl (C=O) groups is 1. The first-order chi connectivity index (χ1) is 9.59. The van der Waals surface area contributed by atoms with E-state index in [4.69, 9.17) is 4.74 Å². The van der Waals surface area contributed by atoms with Gasteiger partial charge in [-0.2, -0.15) is 0 Å². The molecule has 116 valence electrons. The number of hydrogen-bond donors (Lipinski definition) is 2. The summed E-state index contributed by atoms with van der Waals surface area (Å²) in [5.74, 6) is 0.0644. The van der Waals surface area contributed by atoms with Crippen LogP contribution in [0.15, 0.2) is 0 Å². The highest BCUT2D eigenvalue weighted by Gasteiger charge is 2.28. The smallest absolute Gasteiger partial charge is 0.239 e. The summed E-state index contributed by atoms with van der Waals surface area (Å²) in [5.41, 5.74) is 0. The molecule has 0 radical (unpaired) electrons. The van der Waals surface area contributed by atoms with E-state index in [0.29, 0.717) is 18.7 Å². The van der Waals surface area contributed by atoms with Gasteiger partial charge in [0, 0.05) is 31.7 Å². The van der Waals surface area contributed by atoms with Gasteiger partial charge >= 0.3 is 0 Å². The third-order valence-electron chi connectivity index (χ3n) is 4.64. The summed E-state index contributed by atoms with van der Waals surface area (Å²) in [5, 5.41) is 6.27. The van der Waals surface area contributed by atoms with E-state index in [9.17, 15) is 4.79 Å². The number of piperidine rings is 1. The maximum atomic E-state index is 12.1. The second-order valence-corrected chi connectivity index (χ2v) is 6.17. The quantitative estimate of drug-likeness (QED) is 0.799. The van der Waals surface area contributed by atoms with Crippen molar-refractivity contribution in [3.8, 4) is 0 Å². The number of ether oxygens (including phenoxy) is 1. The van der Waals surface area contributed by atoms with Gasteiger partial charge in [0.15, 0.2) is 0 Å². The molecule has 5 nitrogen and oxygen atoms in total. The van der Waals surface area contributed by atoms with E-state index < -0.39 is 0 Å². The lowest BCUT2D eigenvalue weighted by Crippen LogP contribution is -2.56. The molecule has 2 fully saturated rings. The Labute approximate surface area is 122 Å². The second-order valence-electron chi connectivity index (χ2n) is 6.17. The summed E-state index contributed by atoms with van der Waals surface area (Å²) >= 11 is 0. The Hall–Kier alpha value is -0.650. The van der Waals surface area contributed by atoms with E-state index >= 15 is 0 Å². The number of likely N-dealkylation sites (tertiary alicyclic amines) is 1. The number of hydrogen-bond acceptors (Lipinski definition) is 4. The average Bonchev–Trinajstić information content (AvgIpc) is 2.42. The topological polar surface area (TPSA) is 53.6 Å². The fraction of sp³-hybridized carbons (Fsp3) is 0.933. The minimum Gasteiger partial charge on any atom is -0.375 e. The molecule has 1 amide bonds. The van der Waals surface area contributed by atoms with Crippen molar-refractivity contribution in [3.05, 3.63) is 0 Å². The monoisotopic (exact) mass is 283 g/mol. The Morgan fingerprint density at radius 2 is 2.00 bits per heavy atom. The maximum absolute atomic E-state index is 12.1. The van der Waals surface area contributed by atoms with E-state index in [-0.39, 0.29) is 18.1 Å². The average molecular weight is 283 g/mol. The second kappa shape index (κ2) is 7.38. The van der Waals surface area contributed by atoms with Crippen molar-refractivity contribution in [3.63, 3.8) is 0 Å². The van der Waals surface area contributed by atoms with Crippen molar-refractivity contribution in [1.29, 1.82) is 0 Å². The Kier molecular flexibility index (Phi) is 5.81. The number of amides is 1. The van der Waals surface area contributed by atoms with Gasteiger partial charge in [-0.1, -0.05) is 6.42 Å². The lowest BCUT2D eigenvalue weighted by molar-refractivity contribution is -0.129. The Balaban J connectivity index is 1.73. The predicted molar refractivity (Wildman–Crippen MR) is 79.7 cm³/mol. The lowest BCUT2D eigenvalue weighted by Gasteiger charge is -2.39. The minimum atomic E-state index is -0.208. The molecule has 2 aliphatic heterocycles. The first-order valence-corrected chi connectivity index (χ1v) is 7.98. The molecule has 2 rings (SSSR count). The van der Waals surface area contributed by atoms with Crippen LogP contribution >= 0.6 is 0 Å². The fourth-order valence-electron chi connectivity index (χ4n) is 3.36. The Morgan fingerprint density at radius 3 is 2.65 bits per heavy atom. The molecule has 4 atom stereocenters. The van der Waals surface area contributed by atoms with E-state index in [1.165, 1.54) is 19.3 Å². The Morgan fingerprint density at radius 1 is 1.30 bits per heavy atom. The third-order valence-corrected chi connectivity index (χ3v) is 4.64. The van der Waals surface area contributed by atoms with Gasteiger partial charge in [-0.15, -0.1) is 0 Å². The highest BCUT2D eigenvalue weighted by Crippen LogP contribution is 2.21. The predicted octanol–water partition coefficient (Wildman–Crippen LogP) is 0.742. The van der Waals surface area contributed by atoms with E-state index in [1.807, 2.05) is 6.92 Å². The largest absolute Gasteiger partial charge is 0.375 e. The molecular weight excluding hydrogens is 254 g/mol. The molecule has 20 heavy (non-hydrogen) atoms. The molecule has 0 aliphatic carbocycles. The minimum absolute atomic E-state index is 0.0448. The van der Waals surface area contributed by atoms with Crippen LogP contribution in [0.4, 0.5) is 0 Å². The zero-order chi connectivity index (χ0) is 14.5. The highest BCUT2D eigenvalue weighted by atomic mass is 16.5. The number of rotatable bonds is 4. The van der Waals surface area contributed by atoms with Gasteiger partial charge in [0.05, 0.1) is 12.7 Å². The van der Waals surface area contributed by atoms with Crippen LogP contribution < -0.4 is 10.6 Å². The van der Waals surface area contributed by atoms with Crippen LogP contribution in [-0.4, -0.2) is 61.3 Å². The summed E-state index contributed by atoms with van der Waals surface area (Å²) < 4.78 is 5.51. The number of carbonyl (C=O) groups excluding carboxylic acids is 1. The highest BCUT2D eigenvalue weighted by molar-refractivity contribution is 5.82. The summed E-state index contributed by atoms with van der Waals surface area (Å²) in [6.45, 7) is 9.63. The lowest BCUT2D eigenvalue weighted by atomic mass is 9.98. The molecule has 5 heteroatoms. The van der Waals surface area contributed by atoms with Gasteiger partial charge in [-0.3, -0.25) is 9.69 Å². The first kappa shape index (κ1) is 15.7. The maximum Gasteiger partial charge on any atom is 0.239 e. The van der Waals surface area contributed by atoms with Crippen molar-refractivity contribution in [1.82, 2.24) is 15.5 Å². The van der Waals surface area contributed by atoms with Crippen LogP contribution in [0, 0.1) is 0 Å². The van der Waals surface area contributed by atoms with Crippen molar-refractivity contribution < 1.29 is 9.53 Å². The SMILES string of the molecule is CC1CCCC(C)N1CCNC(=O)[C@H]1NCCO[C@@H]1C. The van der Waals surface area contributed by atoms with Gasteiger partial charge in [0.25, 0.3) is 0 Å². The molecule has 0 bridgehead atoms. The Bertz CT molecular complexity index is 314. The van der Waals surface area contributed by atoms with Crippen LogP contribution in [-0.2, 0) is 9.53 Å². The molecule has 2 N–H and O–H groups in total. The number of nitrogens with zero attached hydrogens (tertiary/aromatic N) is 1. The van der Waals surface area contributed by atoms with Crippen LogP contribution in [0.25, 0.3) is 0 Å². The van der Waals surface area contributed by atoms with Gasteiger partial charge < -0.3 is 15.4 Å². The van der Waals surface area contributed by atoms with E-state index in [2.05, 4.69) is 29.4 Å². The molecule has 2 heterocycles. The number of nitrogens with one attached hydrogen (secondary N) is 2. The molecule has 0 spiro atoms. The zero-order valence-electron chi connectivity index (χ0n) is 13.0.